The van der Waals surface area contributed by atoms with Crippen LogP contribution in [0.1, 0.15) is 57.2 Å². The summed E-state index contributed by atoms with van der Waals surface area (Å²) in [5, 5.41) is 14.7. The summed E-state index contributed by atoms with van der Waals surface area (Å²) in [6.45, 7) is 9.68. The van der Waals surface area contributed by atoms with Crippen molar-refractivity contribution < 1.29 is 23.4 Å². The largest absolute Gasteiger partial charge is 0.465 e. The minimum Gasteiger partial charge on any atom is -0.465 e. The molecule has 0 spiro atoms. The number of aromatic nitrogens is 4. The summed E-state index contributed by atoms with van der Waals surface area (Å²) >= 11 is 0. The summed E-state index contributed by atoms with van der Waals surface area (Å²) in [6, 6.07) is 4.32. The highest BCUT2D eigenvalue weighted by Gasteiger charge is 2.46. The lowest BCUT2D eigenvalue weighted by atomic mass is 9.88. The molecule has 3 aromatic rings. The average molecular weight is 529 g/mol. The maximum Gasteiger partial charge on any atom is 0.408 e. The molecule has 1 aromatic carbocycles. The van der Waals surface area contributed by atoms with E-state index in [1.165, 1.54) is 4.90 Å². The molecule has 0 aliphatic carbocycles. The molecule has 4 heterocycles. The molecule has 1 fully saturated rings. The van der Waals surface area contributed by atoms with Crippen molar-refractivity contribution in [3.63, 3.8) is 0 Å². The quantitative estimate of drug-likeness (QED) is 0.522. The van der Waals surface area contributed by atoms with Crippen LogP contribution in [-0.2, 0) is 31.4 Å². The van der Waals surface area contributed by atoms with E-state index >= 15 is 0 Å². The van der Waals surface area contributed by atoms with Gasteiger partial charge in [0.25, 0.3) is 0 Å². The Balaban J connectivity index is 1.44. The van der Waals surface area contributed by atoms with Gasteiger partial charge in [-0.15, -0.1) is 0 Å². The fourth-order valence-electron chi connectivity index (χ4n) is 5.86. The number of amides is 1. The van der Waals surface area contributed by atoms with Crippen LogP contribution >= 0.6 is 0 Å². The number of carboxylic acid groups (broad SMARTS) is 1. The molecule has 0 unspecified atom stereocenters. The molecule has 1 saturated heterocycles. The fraction of sp³-hybridized carbons (Fsp3) is 0.519. The van der Waals surface area contributed by atoms with E-state index in [1.807, 2.05) is 19.3 Å². The number of carbonyl (C=O) groups is 1. The normalized spacial score (nSPS) is 22.0. The van der Waals surface area contributed by atoms with Crippen LogP contribution in [0.3, 0.4) is 0 Å². The first-order valence-corrected chi connectivity index (χ1v) is 12.9. The second kappa shape index (κ2) is 9.77. The maximum atomic E-state index is 14.8. The van der Waals surface area contributed by atoms with Gasteiger partial charge in [-0.2, -0.15) is 5.10 Å². The van der Waals surface area contributed by atoms with Crippen molar-refractivity contribution in [1.29, 1.82) is 0 Å². The van der Waals surface area contributed by atoms with E-state index < -0.39 is 35.4 Å². The third-order valence-electron chi connectivity index (χ3n) is 7.49. The van der Waals surface area contributed by atoms with Gasteiger partial charge in [-0.25, -0.2) is 18.6 Å². The summed E-state index contributed by atoms with van der Waals surface area (Å²) in [7, 11) is 1.87. The van der Waals surface area contributed by atoms with Gasteiger partial charge in [0.15, 0.2) is 5.82 Å². The van der Waals surface area contributed by atoms with Gasteiger partial charge < -0.3 is 14.4 Å². The number of hydrogen-bond acceptors (Lipinski definition) is 5. The Morgan fingerprint density at radius 2 is 2.00 bits per heavy atom. The Morgan fingerprint density at radius 3 is 2.63 bits per heavy atom. The number of nitrogens with zero attached hydrogens (tertiary/aromatic N) is 6. The molecular formula is C27H34F2N6O3. The van der Waals surface area contributed by atoms with Crippen molar-refractivity contribution in [1.82, 2.24) is 29.1 Å². The Bertz CT molecular complexity index is 1350. The van der Waals surface area contributed by atoms with Gasteiger partial charge in [-0.3, -0.25) is 14.5 Å². The van der Waals surface area contributed by atoms with Crippen LogP contribution in [0.5, 0.6) is 0 Å². The summed E-state index contributed by atoms with van der Waals surface area (Å²) in [5.41, 5.74) is 2.14. The van der Waals surface area contributed by atoms with E-state index in [2.05, 4.69) is 21.5 Å². The molecule has 5 rings (SSSR count). The molecule has 11 heteroatoms. The first-order chi connectivity index (χ1) is 18.0. The highest BCUT2D eigenvalue weighted by Crippen LogP contribution is 2.40. The third-order valence-corrected chi connectivity index (χ3v) is 7.49. The van der Waals surface area contributed by atoms with Gasteiger partial charge in [0.05, 0.1) is 24.0 Å². The molecule has 9 nitrogen and oxygen atoms in total. The second-order valence-electron chi connectivity index (χ2n) is 11.1. The second-order valence-corrected chi connectivity index (χ2v) is 11.1. The lowest BCUT2D eigenvalue weighted by Gasteiger charge is -2.48. The minimum atomic E-state index is -1.13. The first-order valence-electron chi connectivity index (χ1n) is 12.9. The van der Waals surface area contributed by atoms with Crippen molar-refractivity contribution in [2.24, 2.45) is 7.05 Å². The molecule has 38 heavy (non-hydrogen) atoms. The van der Waals surface area contributed by atoms with Crippen LogP contribution in [-0.4, -0.2) is 64.6 Å². The molecule has 0 radical (unpaired) electrons. The summed E-state index contributed by atoms with van der Waals surface area (Å²) in [6.07, 6.45) is 0.244. The molecule has 0 saturated carbocycles. The SMILES string of the molecule is CCn1c(-c2ccn(C)n2)nc2c1CN([C@H]1CO[C@H](c3cc(F)ccc3F)[C@@H](N(C(=O)O)C(C)(C)C)C1)C2. The minimum absolute atomic E-state index is 0.0350. The monoisotopic (exact) mass is 528 g/mol. The lowest BCUT2D eigenvalue weighted by molar-refractivity contribution is -0.103. The van der Waals surface area contributed by atoms with Crippen LogP contribution in [0.15, 0.2) is 30.5 Å². The van der Waals surface area contributed by atoms with Gasteiger partial charge in [0, 0.05) is 50.0 Å². The number of halogens is 2. The molecule has 1 N–H and O–H groups in total. The number of benzene rings is 1. The van der Waals surface area contributed by atoms with Gasteiger partial charge in [0.1, 0.15) is 23.4 Å². The number of rotatable bonds is 5. The topological polar surface area (TPSA) is 88.7 Å². The molecule has 3 atom stereocenters. The molecule has 2 aliphatic rings. The number of ether oxygens (including phenoxy) is 1. The van der Waals surface area contributed by atoms with E-state index in [1.54, 1.807) is 25.5 Å². The zero-order chi connectivity index (χ0) is 27.4. The van der Waals surface area contributed by atoms with Crippen molar-refractivity contribution in [3.8, 4) is 11.5 Å². The predicted octanol–water partition coefficient (Wildman–Crippen LogP) is 4.57. The van der Waals surface area contributed by atoms with Gasteiger partial charge >= 0.3 is 6.09 Å². The number of hydrogen-bond donors (Lipinski definition) is 1. The Labute approximate surface area is 220 Å². The molecule has 204 valence electrons. The molecule has 1 amide bonds. The van der Waals surface area contributed by atoms with Crippen molar-refractivity contribution in [3.05, 3.63) is 59.0 Å². The van der Waals surface area contributed by atoms with Gasteiger partial charge in [0.2, 0.25) is 0 Å². The molecular weight excluding hydrogens is 494 g/mol. The van der Waals surface area contributed by atoms with Crippen LogP contribution < -0.4 is 0 Å². The smallest absolute Gasteiger partial charge is 0.408 e. The van der Waals surface area contributed by atoms with Gasteiger partial charge in [-0.05, 0) is 58.4 Å². The molecule has 2 aliphatic heterocycles. The van der Waals surface area contributed by atoms with Crippen LogP contribution in [0.4, 0.5) is 13.6 Å². The van der Waals surface area contributed by atoms with Crippen LogP contribution in [0, 0.1) is 11.6 Å². The first kappa shape index (κ1) is 26.3. The van der Waals surface area contributed by atoms with Crippen molar-refractivity contribution in [2.75, 3.05) is 6.61 Å². The lowest BCUT2D eigenvalue weighted by Crippen LogP contribution is -2.58. The molecule has 2 aromatic heterocycles. The summed E-state index contributed by atoms with van der Waals surface area (Å²) in [4.78, 5) is 20.9. The number of aryl methyl sites for hydroxylation is 1. The summed E-state index contributed by atoms with van der Waals surface area (Å²) < 4.78 is 39.1. The van der Waals surface area contributed by atoms with E-state index in [0.717, 1.165) is 47.7 Å². The maximum absolute atomic E-state index is 14.8. The number of fused-ring (bicyclic) bond motifs is 1. The number of imidazole rings is 1. The highest BCUT2D eigenvalue weighted by molar-refractivity contribution is 5.66. The zero-order valence-corrected chi connectivity index (χ0v) is 22.4. The van der Waals surface area contributed by atoms with E-state index in [0.29, 0.717) is 19.5 Å². The van der Waals surface area contributed by atoms with E-state index in [9.17, 15) is 18.7 Å². The fourth-order valence-corrected chi connectivity index (χ4v) is 5.86. The molecule has 0 bridgehead atoms. The highest BCUT2D eigenvalue weighted by atomic mass is 19.1. The Hall–Kier alpha value is -3.31. The van der Waals surface area contributed by atoms with Crippen LogP contribution in [0.25, 0.3) is 11.5 Å². The van der Waals surface area contributed by atoms with Crippen molar-refractivity contribution in [2.45, 2.75) is 77.5 Å². The van der Waals surface area contributed by atoms with Crippen molar-refractivity contribution >= 4 is 6.09 Å². The van der Waals surface area contributed by atoms with Crippen LogP contribution in [0.2, 0.25) is 0 Å². The zero-order valence-electron chi connectivity index (χ0n) is 22.4. The average Bonchev–Trinajstić information content (AvgIpc) is 3.53. The summed E-state index contributed by atoms with van der Waals surface area (Å²) in [5.74, 6) is -0.372. The third kappa shape index (κ3) is 4.69. The van der Waals surface area contributed by atoms with E-state index in [-0.39, 0.29) is 18.2 Å². The standard InChI is InChI=1S/C27H34F2N6O3/c1-6-34-23-14-33(13-21(23)30-25(34)20-9-10-32(5)31-20)17-12-22(35(26(36)37)27(2,3)4)24(38-15-17)18-11-16(28)7-8-19(18)29/h7-11,17,22,24H,6,12-15H2,1-5H3,(H,36,37)/t17-,22+,24-/m1/s1. The van der Waals surface area contributed by atoms with Gasteiger partial charge in [-0.1, -0.05) is 0 Å². The Morgan fingerprint density at radius 1 is 1.24 bits per heavy atom. The Kier molecular flexibility index (Phi) is 6.77. The van der Waals surface area contributed by atoms with E-state index in [4.69, 9.17) is 9.72 Å². The predicted molar refractivity (Wildman–Crippen MR) is 136 cm³/mol.